The molecule has 0 aliphatic heterocycles. The van der Waals surface area contributed by atoms with Crippen molar-refractivity contribution in [2.24, 2.45) is 0 Å². The molecular formula is C19H21N3O3. The second kappa shape index (κ2) is 7.36. The maximum absolute atomic E-state index is 11.9. The van der Waals surface area contributed by atoms with E-state index < -0.39 is 6.10 Å². The first-order valence-electron chi connectivity index (χ1n) is 8.15. The largest absolute Gasteiger partial charge is 0.387 e. The lowest BCUT2D eigenvalue weighted by atomic mass is 10.0. The van der Waals surface area contributed by atoms with Crippen molar-refractivity contribution >= 4 is 16.8 Å². The van der Waals surface area contributed by atoms with E-state index in [1.54, 1.807) is 6.92 Å². The first-order valence-corrected chi connectivity index (χ1v) is 8.15. The van der Waals surface area contributed by atoms with Gasteiger partial charge in [0.05, 0.1) is 11.8 Å². The van der Waals surface area contributed by atoms with Crippen molar-refractivity contribution in [2.45, 2.75) is 26.5 Å². The maximum atomic E-state index is 11.9. The molecule has 1 aromatic heterocycles. The third kappa shape index (κ3) is 3.97. The van der Waals surface area contributed by atoms with Gasteiger partial charge in [-0.15, -0.1) is 0 Å². The van der Waals surface area contributed by atoms with E-state index in [9.17, 15) is 9.90 Å². The average molecular weight is 339 g/mol. The molecule has 0 spiro atoms. The van der Waals surface area contributed by atoms with Gasteiger partial charge in [-0.3, -0.25) is 0 Å². The molecule has 3 N–H and O–H groups in total. The third-order valence-electron chi connectivity index (χ3n) is 4.22. The highest BCUT2D eigenvalue weighted by molar-refractivity contribution is 5.83. The molecule has 2 amide bonds. The van der Waals surface area contributed by atoms with Gasteiger partial charge in [0.1, 0.15) is 5.76 Å². The molecule has 0 aliphatic rings. The summed E-state index contributed by atoms with van der Waals surface area (Å²) in [5, 5.41) is 21.7. The fourth-order valence-corrected chi connectivity index (χ4v) is 2.71. The molecule has 3 aromatic rings. The number of aliphatic hydroxyl groups excluding tert-OH is 1. The Morgan fingerprint density at radius 3 is 2.64 bits per heavy atom. The Morgan fingerprint density at radius 2 is 1.92 bits per heavy atom. The monoisotopic (exact) mass is 339 g/mol. The number of rotatable bonds is 5. The van der Waals surface area contributed by atoms with E-state index in [1.807, 2.05) is 49.4 Å². The van der Waals surface area contributed by atoms with Gasteiger partial charge in [0.2, 0.25) is 0 Å². The number of nitrogens with one attached hydrogen (secondary N) is 2. The van der Waals surface area contributed by atoms with E-state index in [1.165, 1.54) is 0 Å². The van der Waals surface area contributed by atoms with E-state index in [0.29, 0.717) is 12.3 Å². The number of carbonyl (C=O) groups is 1. The van der Waals surface area contributed by atoms with E-state index in [0.717, 1.165) is 27.6 Å². The second-order valence-corrected chi connectivity index (χ2v) is 5.99. The number of carbonyl (C=O) groups excluding carboxylic acids is 1. The summed E-state index contributed by atoms with van der Waals surface area (Å²) in [7, 11) is 0. The van der Waals surface area contributed by atoms with Gasteiger partial charge < -0.3 is 20.3 Å². The summed E-state index contributed by atoms with van der Waals surface area (Å²) in [6.45, 7) is 4.10. The molecule has 3 rings (SSSR count). The first-order chi connectivity index (χ1) is 12.0. The minimum absolute atomic E-state index is 0.131. The van der Waals surface area contributed by atoms with E-state index in [4.69, 9.17) is 4.52 Å². The zero-order chi connectivity index (χ0) is 17.8. The Hall–Kier alpha value is -2.86. The number of aliphatic hydroxyl groups is 1. The SMILES string of the molecule is Cc1noc(C)c1CNC(=O)NC[C@@H](O)c1ccc2ccccc2c1. The fourth-order valence-electron chi connectivity index (χ4n) is 2.71. The van der Waals surface area contributed by atoms with Gasteiger partial charge in [-0.25, -0.2) is 4.79 Å². The quantitative estimate of drug-likeness (QED) is 0.667. The summed E-state index contributed by atoms with van der Waals surface area (Å²) < 4.78 is 5.06. The molecule has 130 valence electrons. The molecule has 0 aliphatic carbocycles. The number of nitrogens with zero attached hydrogens (tertiary/aromatic N) is 1. The number of hydrogen-bond donors (Lipinski definition) is 3. The average Bonchev–Trinajstić information content (AvgIpc) is 2.95. The van der Waals surface area contributed by atoms with E-state index >= 15 is 0 Å². The summed E-state index contributed by atoms with van der Waals surface area (Å²) in [5.41, 5.74) is 2.39. The molecule has 0 saturated heterocycles. The number of aromatic nitrogens is 1. The lowest BCUT2D eigenvalue weighted by Crippen LogP contribution is -2.37. The molecule has 0 bridgehead atoms. The molecule has 0 fully saturated rings. The van der Waals surface area contributed by atoms with Crippen molar-refractivity contribution in [3.05, 3.63) is 65.0 Å². The van der Waals surface area contributed by atoms with Crippen LogP contribution in [0.4, 0.5) is 4.79 Å². The van der Waals surface area contributed by atoms with Crippen LogP contribution in [0.1, 0.15) is 28.7 Å². The Labute approximate surface area is 145 Å². The molecule has 6 nitrogen and oxygen atoms in total. The van der Waals surface area contributed by atoms with Crippen molar-refractivity contribution in [3.63, 3.8) is 0 Å². The minimum Gasteiger partial charge on any atom is -0.387 e. The van der Waals surface area contributed by atoms with Crippen molar-refractivity contribution in [1.29, 1.82) is 0 Å². The Balaban J connectivity index is 1.54. The van der Waals surface area contributed by atoms with Crippen LogP contribution in [0.5, 0.6) is 0 Å². The van der Waals surface area contributed by atoms with Gasteiger partial charge in [-0.1, -0.05) is 41.6 Å². The van der Waals surface area contributed by atoms with Crippen LogP contribution < -0.4 is 10.6 Å². The molecule has 6 heteroatoms. The van der Waals surface area contributed by atoms with Crippen LogP contribution in [-0.2, 0) is 6.54 Å². The summed E-state index contributed by atoms with van der Waals surface area (Å²) in [4.78, 5) is 11.9. The van der Waals surface area contributed by atoms with Gasteiger partial charge in [0, 0.05) is 18.7 Å². The van der Waals surface area contributed by atoms with Gasteiger partial charge in [0.25, 0.3) is 0 Å². The lowest BCUT2D eigenvalue weighted by Gasteiger charge is -2.13. The number of hydrogen-bond acceptors (Lipinski definition) is 4. The number of fused-ring (bicyclic) bond motifs is 1. The molecule has 0 saturated carbocycles. The minimum atomic E-state index is -0.769. The lowest BCUT2D eigenvalue weighted by molar-refractivity contribution is 0.173. The zero-order valence-corrected chi connectivity index (χ0v) is 14.2. The topological polar surface area (TPSA) is 87.4 Å². The molecule has 0 radical (unpaired) electrons. The summed E-state index contributed by atoms with van der Waals surface area (Å²) >= 11 is 0. The molecule has 25 heavy (non-hydrogen) atoms. The highest BCUT2D eigenvalue weighted by Crippen LogP contribution is 2.20. The van der Waals surface area contributed by atoms with Gasteiger partial charge in [-0.05, 0) is 36.2 Å². The normalized spacial score (nSPS) is 12.1. The number of benzene rings is 2. The Bertz CT molecular complexity index is 869. The van der Waals surface area contributed by atoms with Crippen molar-refractivity contribution in [3.8, 4) is 0 Å². The number of amides is 2. The predicted molar refractivity (Wildman–Crippen MR) is 95.1 cm³/mol. The molecular weight excluding hydrogens is 318 g/mol. The van der Waals surface area contributed by atoms with E-state index in [-0.39, 0.29) is 12.6 Å². The number of urea groups is 1. The standard InChI is InChI=1S/C19H21N3O3/c1-12-17(13(2)25-22-12)10-20-19(24)21-11-18(23)16-8-7-14-5-3-4-6-15(14)9-16/h3-9,18,23H,10-11H2,1-2H3,(H2,20,21,24)/t18-/m1/s1. The summed E-state index contributed by atoms with van der Waals surface area (Å²) in [6, 6.07) is 13.4. The van der Waals surface area contributed by atoms with Gasteiger partial charge in [0.15, 0.2) is 0 Å². The van der Waals surface area contributed by atoms with Gasteiger partial charge in [-0.2, -0.15) is 0 Å². The van der Waals surface area contributed by atoms with Crippen LogP contribution in [-0.4, -0.2) is 22.8 Å². The third-order valence-corrected chi connectivity index (χ3v) is 4.22. The smallest absolute Gasteiger partial charge is 0.315 e. The van der Waals surface area contributed by atoms with Gasteiger partial charge >= 0.3 is 6.03 Å². The van der Waals surface area contributed by atoms with Crippen LogP contribution in [0, 0.1) is 13.8 Å². The molecule has 0 unspecified atom stereocenters. The second-order valence-electron chi connectivity index (χ2n) is 5.99. The van der Waals surface area contributed by atoms with Crippen LogP contribution in [0.25, 0.3) is 10.8 Å². The fraction of sp³-hybridized carbons (Fsp3) is 0.263. The van der Waals surface area contributed by atoms with Crippen LogP contribution in [0.3, 0.4) is 0 Å². The predicted octanol–water partition coefficient (Wildman–Crippen LogP) is 2.98. The number of aryl methyl sites for hydroxylation is 2. The Morgan fingerprint density at radius 1 is 1.16 bits per heavy atom. The van der Waals surface area contributed by atoms with Crippen LogP contribution in [0.2, 0.25) is 0 Å². The molecule has 2 aromatic carbocycles. The van der Waals surface area contributed by atoms with Crippen molar-refractivity contribution in [2.75, 3.05) is 6.54 Å². The molecule has 1 atom stereocenters. The highest BCUT2D eigenvalue weighted by Gasteiger charge is 2.12. The summed E-state index contributed by atoms with van der Waals surface area (Å²) in [6.07, 6.45) is -0.769. The zero-order valence-electron chi connectivity index (χ0n) is 14.2. The van der Waals surface area contributed by atoms with Crippen molar-refractivity contribution in [1.82, 2.24) is 15.8 Å². The first kappa shape index (κ1) is 17.0. The van der Waals surface area contributed by atoms with Crippen molar-refractivity contribution < 1.29 is 14.4 Å². The maximum Gasteiger partial charge on any atom is 0.315 e. The molecule has 1 heterocycles. The van der Waals surface area contributed by atoms with E-state index in [2.05, 4.69) is 15.8 Å². The van der Waals surface area contributed by atoms with Crippen LogP contribution >= 0.6 is 0 Å². The van der Waals surface area contributed by atoms with Crippen LogP contribution in [0.15, 0.2) is 47.0 Å². The summed E-state index contributed by atoms with van der Waals surface area (Å²) in [5.74, 6) is 0.689. The highest BCUT2D eigenvalue weighted by atomic mass is 16.5. The Kier molecular flexibility index (Phi) is 5.00.